The Kier molecular flexibility index (Phi) is 5.66. The molecule has 6 nitrogen and oxygen atoms in total. The fraction of sp³-hybridized carbons (Fsp3) is 0.190. The van der Waals surface area contributed by atoms with Crippen molar-refractivity contribution in [2.24, 2.45) is 0 Å². The largest absolute Gasteiger partial charge is 0.461 e. The molecule has 0 unspecified atom stereocenters. The molecule has 1 atom stereocenters. The van der Waals surface area contributed by atoms with Crippen molar-refractivity contribution < 1.29 is 9.53 Å². The molecule has 0 saturated heterocycles. The van der Waals surface area contributed by atoms with Crippen LogP contribution in [-0.2, 0) is 4.74 Å². The SMILES string of the molecule is CCOC(=O)c1nn(-c2ccccc2)c(=O)cc1N[C@@H](C)c1ccccc1. The van der Waals surface area contributed by atoms with Crippen LogP contribution in [0.25, 0.3) is 5.69 Å². The van der Waals surface area contributed by atoms with Gasteiger partial charge in [-0.15, -0.1) is 0 Å². The fourth-order valence-electron chi connectivity index (χ4n) is 2.73. The summed E-state index contributed by atoms with van der Waals surface area (Å²) in [4.78, 5) is 25.0. The van der Waals surface area contributed by atoms with Gasteiger partial charge in [-0.2, -0.15) is 9.78 Å². The number of para-hydroxylation sites is 1. The van der Waals surface area contributed by atoms with Gasteiger partial charge in [-0.25, -0.2) is 4.79 Å². The summed E-state index contributed by atoms with van der Waals surface area (Å²) in [6.07, 6.45) is 0. The van der Waals surface area contributed by atoms with Crippen molar-refractivity contribution in [2.75, 3.05) is 11.9 Å². The van der Waals surface area contributed by atoms with Gasteiger partial charge < -0.3 is 10.1 Å². The second-order valence-corrected chi connectivity index (χ2v) is 5.99. The second kappa shape index (κ2) is 8.31. The van der Waals surface area contributed by atoms with Crippen LogP contribution in [0.15, 0.2) is 71.5 Å². The highest BCUT2D eigenvalue weighted by molar-refractivity contribution is 5.93. The smallest absolute Gasteiger partial charge is 0.360 e. The summed E-state index contributed by atoms with van der Waals surface area (Å²) < 4.78 is 6.33. The molecular weight excluding hydrogens is 342 g/mol. The molecule has 0 amide bonds. The normalized spacial score (nSPS) is 11.6. The van der Waals surface area contributed by atoms with E-state index in [1.807, 2.05) is 43.3 Å². The van der Waals surface area contributed by atoms with E-state index in [1.165, 1.54) is 10.7 Å². The van der Waals surface area contributed by atoms with E-state index >= 15 is 0 Å². The second-order valence-electron chi connectivity index (χ2n) is 5.99. The van der Waals surface area contributed by atoms with E-state index in [9.17, 15) is 9.59 Å². The van der Waals surface area contributed by atoms with Crippen LogP contribution in [-0.4, -0.2) is 22.4 Å². The van der Waals surface area contributed by atoms with Crippen LogP contribution in [0.4, 0.5) is 5.69 Å². The molecule has 138 valence electrons. The summed E-state index contributed by atoms with van der Waals surface area (Å²) in [6, 6.07) is 20.0. The lowest BCUT2D eigenvalue weighted by Crippen LogP contribution is -2.26. The maximum atomic E-state index is 12.6. The number of carbonyl (C=O) groups excluding carboxylic acids is 1. The molecule has 3 aromatic rings. The molecule has 0 spiro atoms. The van der Waals surface area contributed by atoms with Crippen molar-refractivity contribution >= 4 is 11.7 Å². The zero-order chi connectivity index (χ0) is 19.2. The van der Waals surface area contributed by atoms with Gasteiger partial charge >= 0.3 is 5.97 Å². The molecule has 0 aliphatic heterocycles. The molecule has 6 heteroatoms. The van der Waals surface area contributed by atoms with Crippen molar-refractivity contribution in [1.82, 2.24) is 9.78 Å². The summed E-state index contributed by atoms with van der Waals surface area (Å²) in [7, 11) is 0. The molecular formula is C21H21N3O3. The topological polar surface area (TPSA) is 73.2 Å². The third-order valence-electron chi connectivity index (χ3n) is 4.07. The Bertz CT molecular complexity index is 969. The van der Waals surface area contributed by atoms with Crippen molar-refractivity contribution in [3.8, 4) is 5.69 Å². The lowest BCUT2D eigenvalue weighted by molar-refractivity contribution is 0.0518. The highest BCUT2D eigenvalue weighted by Gasteiger charge is 2.20. The molecule has 1 aromatic heterocycles. The molecule has 0 saturated carbocycles. The van der Waals surface area contributed by atoms with Crippen LogP contribution in [0, 0.1) is 0 Å². The first-order valence-corrected chi connectivity index (χ1v) is 8.78. The average molecular weight is 363 g/mol. The zero-order valence-electron chi connectivity index (χ0n) is 15.3. The molecule has 1 N–H and O–H groups in total. The first-order chi connectivity index (χ1) is 13.1. The van der Waals surface area contributed by atoms with Gasteiger partial charge in [0.05, 0.1) is 18.0 Å². The van der Waals surface area contributed by atoms with Crippen molar-refractivity contribution in [2.45, 2.75) is 19.9 Å². The van der Waals surface area contributed by atoms with E-state index in [2.05, 4.69) is 10.4 Å². The number of nitrogens with zero attached hydrogens (tertiary/aromatic N) is 2. The van der Waals surface area contributed by atoms with Crippen LogP contribution in [0.2, 0.25) is 0 Å². The minimum atomic E-state index is -0.579. The Labute approximate surface area is 157 Å². The molecule has 0 aliphatic rings. The molecule has 0 fully saturated rings. The third kappa shape index (κ3) is 4.23. The Morgan fingerprint density at radius 1 is 1.11 bits per heavy atom. The summed E-state index contributed by atoms with van der Waals surface area (Å²) in [5.41, 5.74) is 1.69. The number of hydrogen-bond donors (Lipinski definition) is 1. The Morgan fingerprint density at radius 2 is 1.74 bits per heavy atom. The first kappa shape index (κ1) is 18.4. The number of hydrogen-bond acceptors (Lipinski definition) is 5. The number of anilines is 1. The molecule has 27 heavy (non-hydrogen) atoms. The van der Waals surface area contributed by atoms with E-state index in [0.29, 0.717) is 11.4 Å². The standard InChI is InChI=1S/C21H21N3O3/c1-3-27-21(26)20-18(22-15(2)16-10-6-4-7-11-16)14-19(25)24(23-20)17-12-8-5-9-13-17/h4-15,22H,3H2,1-2H3/t15-/m0/s1. The van der Waals surface area contributed by atoms with Gasteiger partial charge in [-0.3, -0.25) is 4.79 Å². The van der Waals surface area contributed by atoms with E-state index < -0.39 is 5.97 Å². The predicted molar refractivity (Wildman–Crippen MR) is 104 cm³/mol. The molecule has 0 radical (unpaired) electrons. The van der Waals surface area contributed by atoms with E-state index in [4.69, 9.17) is 4.74 Å². The maximum absolute atomic E-state index is 12.6. The molecule has 0 bridgehead atoms. The van der Waals surface area contributed by atoms with Gasteiger partial charge in [0.2, 0.25) is 0 Å². The summed E-state index contributed by atoms with van der Waals surface area (Å²) in [5, 5.41) is 7.48. The molecule has 3 rings (SSSR count). The molecule has 1 heterocycles. The molecule has 2 aromatic carbocycles. The van der Waals surface area contributed by atoms with Crippen molar-refractivity contribution in [1.29, 1.82) is 0 Å². The van der Waals surface area contributed by atoms with E-state index in [0.717, 1.165) is 5.56 Å². The summed E-state index contributed by atoms with van der Waals surface area (Å²) >= 11 is 0. The highest BCUT2D eigenvalue weighted by atomic mass is 16.5. The minimum Gasteiger partial charge on any atom is -0.461 e. The van der Waals surface area contributed by atoms with Gasteiger partial charge in [0.25, 0.3) is 5.56 Å². The van der Waals surface area contributed by atoms with E-state index in [1.54, 1.807) is 31.2 Å². The monoisotopic (exact) mass is 363 g/mol. The van der Waals surface area contributed by atoms with Gasteiger partial charge in [0.1, 0.15) is 0 Å². The Morgan fingerprint density at radius 3 is 2.37 bits per heavy atom. The van der Waals surface area contributed by atoms with Gasteiger partial charge in [-0.05, 0) is 31.5 Å². The minimum absolute atomic E-state index is 0.0723. The number of carbonyl (C=O) groups is 1. The van der Waals surface area contributed by atoms with Crippen LogP contribution in [0.1, 0.15) is 35.9 Å². The maximum Gasteiger partial charge on any atom is 0.360 e. The zero-order valence-corrected chi connectivity index (χ0v) is 15.3. The lowest BCUT2D eigenvalue weighted by atomic mass is 10.1. The van der Waals surface area contributed by atoms with Crippen molar-refractivity contribution in [3.05, 3.63) is 88.3 Å². The van der Waals surface area contributed by atoms with E-state index in [-0.39, 0.29) is 23.9 Å². The van der Waals surface area contributed by atoms with Crippen LogP contribution >= 0.6 is 0 Å². The number of ether oxygens (including phenoxy) is 1. The quantitative estimate of drug-likeness (QED) is 0.678. The van der Waals surface area contributed by atoms with Crippen LogP contribution in [0.5, 0.6) is 0 Å². The fourth-order valence-corrected chi connectivity index (χ4v) is 2.73. The number of rotatable bonds is 6. The number of esters is 1. The number of nitrogens with one attached hydrogen (secondary N) is 1. The number of aromatic nitrogens is 2. The third-order valence-corrected chi connectivity index (χ3v) is 4.07. The Hall–Kier alpha value is -3.41. The Balaban J connectivity index is 2.03. The van der Waals surface area contributed by atoms with Crippen molar-refractivity contribution in [3.63, 3.8) is 0 Å². The lowest BCUT2D eigenvalue weighted by Gasteiger charge is -2.18. The average Bonchev–Trinajstić information content (AvgIpc) is 2.69. The van der Waals surface area contributed by atoms with Crippen LogP contribution in [0.3, 0.4) is 0 Å². The highest BCUT2D eigenvalue weighted by Crippen LogP contribution is 2.21. The molecule has 0 aliphatic carbocycles. The predicted octanol–water partition coefficient (Wildman–Crippen LogP) is 3.58. The van der Waals surface area contributed by atoms with Gasteiger partial charge in [0, 0.05) is 12.1 Å². The number of benzene rings is 2. The summed E-state index contributed by atoms with van der Waals surface area (Å²) in [6.45, 7) is 3.90. The van der Waals surface area contributed by atoms with Crippen LogP contribution < -0.4 is 10.9 Å². The van der Waals surface area contributed by atoms with Gasteiger partial charge in [0.15, 0.2) is 5.69 Å². The van der Waals surface area contributed by atoms with Gasteiger partial charge in [-0.1, -0.05) is 48.5 Å². The first-order valence-electron chi connectivity index (χ1n) is 8.78. The summed E-state index contributed by atoms with van der Waals surface area (Å²) in [5.74, 6) is -0.579.